The van der Waals surface area contributed by atoms with Gasteiger partial charge in [-0.15, -0.1) is 0 Å². The molecule has 2 unspecified atom stereocenters. The zero-order valence-corrected chi connectivity index (χ0v) is 13.3. The Labute approximate surface area is 126 Å². The van der Waals surface area contributed by atoms with E-state index in [2.05, 4.69) is 31.3 Å². The van der Waals surface area contributed by atoms with Crippen LogP contribution in [0.4, 0.5) is 0 Å². The smallest absolute Gasteiger partial charge is 0.244 e. The fourth-order valence-electron chi connectivity index (χ4n) is 3.21. The molecule has 0 bridgehead atoms. The van der Waals surface area contributed by atoms with Crippen molar-refractivity contribution < 1.29 is 9.53 Å². The average Bonchev–Trinajstić information content (AvgIpc) is 3.20. The van der Waals surface area contributed by atoms with Crippen LogP contribution in [-0.2, 0) is 4.79 Å². The first-order valence-electron chi connectivity index (χ1n) is 7.77. The molecule has 4 heteroatoms. The first-order valence-corrected chi connectivity index (χ1v) is 7.77. The van der Waals surface area contributed by atoms with Crippen molar-refractivity contribution in [2.24, 2.45) is 0 Å². The second-order valence-corrected chi connectivity index (χ2v) is 6.33. The molecular formula is C17H24N2O2. The highest BCUT2D eigenvalue weighted by molar-refractivity contribution is 5.92. The van der Waals surface area contributed by atoms with E-state index < -0.39 is 0 Å². The lowest BCUT2D eigenvalue weighted by Crippen LogP contribution is -2.38. The fourth-order valence-corrected chi connectivity index (χ4v) is 3.21. The Hall–Kier alpha value is -1.55. The molecule has 1 saturated heterocycles. The highest BCUT2D eigenvalue weighted by atomic mass is 16.5. The van der Waals surface area contributed by atoms with Gasteiger partial charge in [0.2, 0.25) is 5.91 Å². The number of aryl methyl sites for hydroxylation is 1. The van der Waals surface area contributed by atoms with Crippen LogP contribution in [0.25, 0.3) is 0 Å². The van der Waals surface area contributed by atoms with E-state index in [9.17, 15) is 4.79 Å². The third-order valence-electron chi connectivity index (χ3n) is 4.89. The Morgan fingerprint density at radius 3 is 2.71 bits per heavy atom. The number of hydrogen-bond donors (Lipinski definition) is 1. The normalized spacial score (nSPS) is 24.5. The predicted octanol–water partition coefficient (Wildman–Crippen LogP) is 2.77. The van der Waals surface area contributed by atoms with Gasteiger partial charge < -0.3 is 9.64 Å². The Morgan fingerprint density at radius 1 is 1.48 bits per heavy atom. The molecule has 2 atom stereocenters. The van der Waals surface area contributed by atoms with Crippen LogP contribution in [0, 0.1) is 6.92 Å². The Morgan fingerprint density at radius 2 is 2.19 bits per heavy atom. The predicted molar refractivity (Wildman–Crippen MR) is 82.2 cm³/mol. The molecule has 1 N–H and O–H groups in total. The second-order valence-electron chi connectivity index (χ2n) is 6.33. The van der Waals surface area contributed by atoms with Crippen LogP contribution in [0.1, 0.15) is 50.4 Å². The minimum atomic E-state index is -0.276. The number of carbonyl (C=O) groups excluding carboxylic acids is 1. The van der Waals surface area contributed by atoms with Crippen molar-refractivity contribution in [1.82, 2.24) is 10.2 Å². The highest BCUT2D eigenvalue weighted by Crippen LogP contribution is 2.47. The summed E-state index contributed by atoms with van der Waals surface area (Å²) in [4.78, 5) is 14.8. The zero-order valence-electron chi connectivity index (χ0n) is 13.3. The molecule has 1 spiro atoms. The quantitative estimate of drug-likeness (QED) is 0.926. The molecule has 1 aromatic carbocycles. The van der Waals surface area contributed by atoms with Crippen LogP contribution in [-0.4, -0.2) is 29.5 Å². The van der Waals surface area contributed by atoms with Crippen LogP contribution >= 0.6 is 0 Å². The van der Waals surface area contributed by atoms with Gasteiger partial charge in [0.15, 0.2) is 0 Å². The zero-order chi connectivity index (χ0) is 15.2. The number of methoxy groups -OCH3 is 1. The molecule has 1 aliphatic carbocycles. The van der Waals surface area contributed by atoms with Gasteiger partial charge in [0.1, 0.15) is 17.5 Å². The standard InChI is InChI=1S/C17H24N2O2/c1-5-12(3)19-15(18-17(8-9-17)16(19)20)13-6-7-14(21-4)11(2)10-13/h6-7,10,12,15,18H,5,8-9H2,1-4H3. The number of ether oxygens (including phenoxy) is 1. The fraction of sp³-hybridized carbons (Fsp3) is 0.588. The molecule has 2 aliphatic rings. The summed E-state index contributed by atoms with van der Waals surface area (Å²) in [5.41, 5.74) is 1.97. The van der Waals surface area contributed by atoms with Crippen molar-refractivity contribution in [2.45, 2.75) is 57.8 Å². The number of carbonyl (C=O) groups is 1. The van der Waals surface area contributed by atoms with Crippen LogP contribution in [0.3, 0.4) is 0 Å². The summed E-state index contributed by atoms with van der Waals surface area (Å²) in [6.45, 7) is 6.30. The molecule has 2 fully saturated rings. The summed E-state index contributed by atoms with van der Waals surface area (Å²) in [5, 5.41) is 3.57. The van der Waals surface area contributed by atoms with E-state index in [1.165, 1.54) is 0 Å². The van der Waals surface area contributed by atoms with Gasteiger partial charge in [-0.3, -0.25) is 10.1 Å². The largest absolute Gasteiger partial charge is 0.496 e. The number of nitrogens with one attached hydrogen (secondary N) is 1. The molecule has 1 amide bonds. The lowest BCUT2D eigenvalue weighted by Gasteiger charge is -2.30. The monoisotopic (exact) mass is 288 g/mol. The van der Waals surface area contributed by atoms with Gasteiger partial charge in [-0.05, 0) is 56.4 Å². The van der Waals surface area contributed by atoms with Gasteiger partial charge in [-0.1, -0.05) is 13.0 Å². The maximum Gasteiger partial charge on any atom is 0.244 e. The third kappa shape index (κ3) is 2.22. The lowest BCUT2D eigenvalue weighted by atomic mass is 10.1. The van der Waals surface area contributed by atoms with Crippen molar-refractivity contribution in [3.05, 3.63) is 29.3 Å². The maximum absolute atomic E-state index is 12.7. The van der Waals surface area contributed by atoms with Gasteiger partial charge in [-0.25, -0.2) is 0 Å². The van der Waals surface area contributed by atoms with E-state index >= 15 is 0 Å². The van der Waals surface area contributed by atoms with Crippen molar-refractivity contribution in [3.63, 3.8) is 0 Å². The Kier molecular flexibility index (Phi) is 3.44. The molecule has 1 saturated carbocycles. The minimum absolute atomic E-state index is 0.0143. The van der Waals surface area contributed by atoms with E-state index in [4.69, 9.17) is 4.74 Å². The first kappa shape index (κ1) is 14.4. The molecular weight excluding hydrogens is 264 g/mol. The van der Waals surface area contributed by atoms with Crippen molar-refractivity contribution in [3.8, 4) is 5.75 Å². The summed E-state index contributed by atoms with van der Waals surface area (Å²) in [6, 6.07) is 6.43. The van der Waals surface area contributed by atoms with Gasteiger partial charge in [0.05, 0.1) is 7.11 Å². The number of nitrogens with zero attached hydrogens (tertiary/aromatic N) is 1. The number of hydrogen-bond acceptors (Lipinski definition) is 3. The van der Waals surface area contributed by atoms with E-state index in [0.29, 0.717) is 0 Å². The molecule has 114 valence electrons. The van der Waals surface area contributed by atoms with Gasteiger partial charge in [0.25, 0.3) is 0 Å². The summed E-state index contributed by atoms with van der Waals surface area (Å²) in [6.07, 6.45) is 2.88. The number of benzene rings is 1. The molecule has 1 aliphatic heterocycles. The van der Waals surface area contributed by atoms with Crippen LogP contribution in [0.5, 0.6) is 5.75 Å². The van der Waals surface area contributed by atoms with Crippen LogP contribution in [0.15, 0.2) is 18.2 Å². The van der Waals surface area contributed by atoms with E-state index in [0.717, 1.165) is 36.1 Å². The molecule has 4 nitrogen and oxygen atoms in total. The van der Waals surface area contributed by atoms with E-state index in [1.54, 1.807) is 7.11 Å². The topological polar surface area (TPSA) is 41.6 Å². The van der Waals surface area contributed by atoms with Crippen molar-refractivity contribution in [1.29, 1.82) is 0 Å². The maximum atomic E-state index is 12.7. The highest BCUT2D eigenvalue weighted by Gasteiger charge is 2.60. The average molecular weight is 288 g/mol. The lowest BCUT2D eigenvalue weighted by molar-refractivity contribution is -0.132. The molecule has 1 aromatic rings. The molecule has 0 radical (unpaired) electrons. The van der Waals surface area contributed by atoms with Gasteiger partial charge >= 0.3 is 0 Å². The summed E-state index contributed by atoms with van der Waals surface area (Å²) in [5.74, 6) is 1.16. The van der Waals surface area contributed by atoms with Crippen LogP contribution in [0.2, 0.25) is 0 Å². The van der Waals surface area contributed by atoms with Gasteiger partial charge in [-0.2, -0.15) is 0 Å². The third-order valence-corrected chi connectivity index (χ3v) is 4.89. The first-order chi connectivity index (χ1) is 10.0. The van der Waals surface area contributed by atoms with Crippen LogP contribution < -0.4 is 10.1 Å². The molecule has 0 aromatic heterocycles. The van der Waals surface area contributed by atoms with Crippen molar-refractivity contribution in [2.75, 3.05) is 7.11 Å². The summed E-state index contributed by atoms with van der Waals surface area (Å²) >= 11 is 0. The number of amides is 1. The Balaban J connectivity index is 1.95. The Bertz CT molecular complexity index is 566. The second kappa shape index (κ2) is 5.02. The SMILES string of the molecule is CCC(C)N1C(=O)C2(CC2)NC1c1ccc(OC)c(C)c1. The summed E-state index contributed by atoms with van der Waals surface area (Å²) < 4.78 is 5.33. The molecule has 1 heterocycles. The minimum Gasteiger partial charge on any atom is -0.496 e. The van der Waals surface area contributed by atoms with Crippen molar-refractivity contribution >= 4 is 5.91 Å². The van der Waals surface area contributed by atoms with E-state index in [-0.39, 0.29) is 23.7 Å². The molecule has 3 rings (SSSR count). The van der Waals surface area contributed by atoms with E-state index in [1.807, 2.05) is 17.9 Å². The van der Waals surface area contributed by atoms with Gasteiger partial charge in [0, 0.05) is 6.04 Å². The molecule has 21 heavy (non-hydrogen) atoms. The summed E-state index contributed by atoms with van der Waals surface area (Å²) in [7, 11) is 1.68. The number of rotatable bonds is 4.